The molecule has 1 aromatic carbocycles. The zero-order chi connectivity index (χ0) is 20.6. The van der Waals surface area contributed by atoms with Crippen LogP contribution in [0, 0.1) is 0 Å². The first-order valence-corrected chi connectivity index (χ1v) is 9.47. The van der Waals surface area contributed by atoms with Crippen molar-refractivity contribution in [1.82, 2.24) is 9.80 Å². The molecule has 3 rings (SSSR count). The topological polar surface area (TPSA) is 113 Å². The van der Waals surface area contributed by atoms with Crippen LogP contribution in [0.15, 0.2) is 18.2 Å². The highest BCUT2D eigenvalue weighted by Gasteiger charge is 2.42. The predicted molar refractivity (Wildman–Crippen MR) is 101 cm³/mol. The van der Waals surface area contributed by atoms with Crippen LogP contribution >= 0.6 is 0 Å². The maximum atomic E-state index is 13.3. The van der Waals surface area contributed by atoms with Crippen molar-refractivity contribution in [3.05, 3.63) is 29.3 Å². The number of fused-ring (bicyclic) bond motifs is 1. The molecule has 3 amide bonds. The van der Waals surface area contributed by atoms with E-state index in [0.29, 0.717) is 19.4 Å². The Kier molecular flexibility index (Phi) is 5.23. The lowest BCUT2D eigenvalue weighted by Crippen LogP contribution is -2.56. The number of phenols is 1. The monoisotopic (exact) mass is 389 g/mol. The summed E-state index contributed by atoms with van der Waals surface area (Å²) < 4.78 is 5.50. The Bertz CT molecular complexity index is 802. The molecule has 0 aliphatic carbocycles. The molecular formula is C20H27N3O5. The van der Waals surface area contributed by atoms with Crippen molar-refractivity contribution in [2.45, 2.75) is 64.3 Å². The largest absolute Gasteiger partial charge is 0.508 e. The highest BCUT2D eigenvalue weighted by Crippen LogP contribution is 2.30. The van der Waals surface area contributed by atoms with E-state index in [9.17, 15) is 19.5 Å². The van der Waals surface area contributed by atoms with Gasteiger partial charge >= 0.3 is 6.09 Å². The molecule has 1 aromatic rings. The molecule has 0 aromatic heterocycles. The normalized spacial score (nSPS) is 22.0. The van der Waals surface area contributed by atoms with Gasteiger partial charge in [0.15, 0.2) is 0 Å². The summed E-state index contributed by atoms with van der Waals surface area (Å²) in [6.45, 7) is 5.86. The number of carbonyl (C=O) groups excluding carboxylic acids is 3. The van der Waals surface area contributed by atoms with E-state index in [-0.39, 0.29) is 24.6 Å². The molecule has 2 aliphatic rings. The summed E-state index contributed by atoms with van der Waals surface area (Å²) in [5.41, 5.74) is 6.39. The Morgan fingerprint density at radius 2 is 1.86 bits per heavy atom. The van der Waals surface area contributed by atoms with Gasteiger partial charge in [0.2, 0.25) is 11.8 Å². The fourth-order valence-electron chi connectivity index (χ4n) is 3.82. The summed E-state index contributed by atoms with van der Waals surface area (Å²) in [6.07, 6.45) is 0.915. The van der Waals surface area contributed by atoms with Crippen molar-refractivity contribution in [3.8, 4) is 5.75 Å². The van der Waals surface area contributed by atoms with E-state index < -0.39 is 29.7 Å². The number of hydrogen-bond acceptors (Lipinski definition) is 5. The number of rotatable bonds is 2. The first-order valence-electron chi connectivity index (χ1n) is 9.47. The summed E-state index contributed by atoms with van der Waals surface area (Å²) in [7, 11) is 0. The van der Waals surface area contributed by atoms with Crippen molar-refractivity contribution >= 4 is 17.9 Å². The van der Waals surface area contributed by atoms with Gasteiger partial charge in [-0.25, -0.2) is 4.79 Å². The number of aromatic hydroxyl groups is 1. The van der Waals surface area contributed by atoms with Crippen molar-refractivity contribution in [2.75, 3.05) is 6.54 Å². The molecule has 0 radical (unpaired) electrons. The Balaban J connectivity index is 1.92. The Morgan fingerprint density at radius 3 is 2.50 bits per heavy atom. The summed E-state index contributed by atoms with van der Waals surface area (Å²) in [4.78, 5) is 40.7. The van der Waals surface area contributed by atoms with E-state index in [4.69, 9.17) is 10.5 Å². The van der Waals surface area contributed by atoms with Crippen LogP contribution in [0.25, 0.3) is 0 Å². The van der Waals surface area contributed by atoms with Crippen molar-refractivity contribution in [2.24, 2.45) is 5.73 Å². The number of hydrogen-bond donors (Lipinski definition) is 2. The molecule has 8 heteroatoms. The number of nitrogens with two attached hydrogens (primary N) is 1. The van der Waals surface area contributed by atoms with Gasteiger partial charge in [0.05, 0.1) is 6.54 Å². The van der Waals surface area contributed by atoms with Gasteiger partial charge in [-0.3, -0.25) is 14.5 Å². The second-order valence-electron chi connectivity index (χ2n) is 8.37. The highest BCUT2D eigenvalue weighted by molar-refractivity contribution is 5.91. The molecule has 3 N–H and O–H groups in total. The van der Waals surface area contributed by atoms with Crippen molar-refractivity contribution in [1.29, 1.82) is 0 Å². The SMILES string of the molecule is CC(C)(C)OC(=O)N1Cc2cc(O)ccc2CC1C(=O)N1CCCC1C(N)=O. The average Bonchev–Trinajstić information content (AvgIpc) is 3.08. The van der Waals surface area contributed by atoms with Crippen molar-refractivity contribution in [3.63, 3.8) is 0 Å². The Morgan fingerprint density at radius 1 is 1.14 bits per heavy atom. The van der Waals surface area contributed by atoms with Gasteiger partial charge in [-0.2, -0.15) is 0 Å². The van der Waals surface area contributed by atoms with Crippen LogP contribution in [0.4, 0.5) is 4.79 Å². The maximum Gasteiger partial charge on any atom is 0.411 e. The molecule has 0 spiro atoms. The van der Waals surface area contributed by atoms with Crippen LogP contribution in [0.1, 0.15) is 44.7 Å². The second-order valence-corrected chi connectivity index (χ2v) is 8.37. The molecule has 152 valence electrons. The van der Waals surface area contributed by atoms with Gasteiger partial charge in [0.25, 0.3) is 0 Å². The van der Waals surface area contributed by atoms with E-state index in [1.807, 2.05) is 0 Å². The number of amides is 3. The van der Waals surface area contributed by atoms with Crippen LogP contribution in [-0.2, 0) is 27.3 Å². The number of benzene rings is 1. The standard InChI is InChI=1S/C20H27N3O5/c1-20(2,3)28-19(27)23-11-13-9-14(24)7-6-12(13)10-16(23)18(26)22-8-4-5-15(22)17(21)25/h6-7,9,15-16,24H,4-5,8,10-11H2,1-3H3,(H2,21,25). The summed E-state index contributed by atoms with van der Waals surface area (Å²) >= 11 is 0. The van der Waals surface area contributed by atoms with Crippen LogP contribution in [-0.4, -0.2) is 57.0 Å². The van der Waals surface area contributed by atoms with Gasteiger partial charge in [0.1, 0.15) is 23.4 Å². The van der Waals surface area contributed by atoms with E-state index in [1.165, 1.54) is 9.80 Å². The quantitative estimate of drug-likeness (QED) is 0.796. The molecular weight excluding hydrogens is 362 g/mol. The van der Waals surface area contributed by atoms with E-state index in [1.54, 1.807) is 39.0 Å². The van der Waals surface area contributed by atoms with Gasteiger partial charge in [0, 0.05) is 13.0 Å². The molecule has 2 heterocycles. The molecule has 8 nitrogen and oxygen atoms in total. The minimum Gasteiger partial charge on any atom is -0.508 e. The van der Waals surface area contributed by atoms with Gasteiger partial charge in [-0.05, 0) is 56.9 Å². The van der Waals surface area contributed by atoms with Crippen LogP contribution in [0.5, 0.6) is 5.75 Å². The molecule has 2 unspecified atom stereocenters. The van der Waals surface area contributed by atoms with E-state index >= 15 is 0 Å². The molecule has 2 aliphatic heterocycles. The van der Waals surface area contributed by atoms with E-state index in [2.05, 4.69) is 0 Å². The molecule has 1 saturated heterocycles. The van der Waals surface area contributed by atoms with Crippen LogP contribution in [0.3, 0.4) is 0 Å². The van der Waals surface area contributed by atoms with E-state index in [0.717, 1.165) is 11.1 Å². The predicted octanol–water partition coefficient (Wildman–Crippen LogP) is 1.53. The zero-order valence-electron chi connectivity index (χ0n) is 16.5. The number of carbonyl (C=O) groups is 3. The lowest BCUT2D eigenvalue weighted by atomic mass is 9.93. The fourth-order valence-corrected chi connectivity index (χ4v) is 3.82. The molecule has 0 bridgehead atoms. The molecule has 0 saturated carbocycles. The summed E-state index contributed by atoms with van der Waals surface area (Å²) in [6, 6.07) is 3.48. The second kappa shape index (κ2) is 7.33. The number of phenolic OH excluding ortho intramolecular Hbond substituents is 1. The minimum atomic E-state index is -0.785. The van der Waals surface area contributed by atoms with Gasteiger partial charge in [-0.15, -0.1) is 0 Å². The summed E-state index contributed by atoms with van der Waals surface area (Å²) in [5, 5.41) is 9.78. The number of nitrogens with zero attached hydrogens (tertiary/aromatic N) is 2. The van der Waals surface area contributed by atoms with Gasteiger partial charge < -0.3 is 20.5 Å². The first kappa shape index (κ1) is 20.0. The maximum absolute atomic E-state index is 13.3. The molecule has 1 fully saturated rings. The lowest BCUT2D eigenvalue weighted by Gasteiger charge is -2.39. The van der Waals surface area contributed by atoms with Crippen LogP contribution < -0.4 is 5.73 Å². The number of primary amides is 1. The van der Waals surface area contributed by atoms with Crippen LogP contribution in [0.2, 0.25) is 0 Å². The summed E-state index contributed by atoms with van der Waals surface area (Å²) in [5.74, 6) is -0.734. The number of ether oxygens (including phenoxy) is 1. The molecule has 28 heavy (non-hydrogen) atoms. The Hall–Kier alpha value is -2.77. The third kappa shape index (κ3) is 4.05. The molecule has 2 atom stereocenters. The lowest BCUT2D eigenvalue weighted by molar-refractivity contribution is -0.142. The Labute approximate surface area is 164 Å². The third-order valence-electron chi connectivity index (χ3n) is 5.10. The average molecular weight is 389 g/mol. The van der Waals surface area contributed by atoms with Gasteiger partial charge in [-0.1, -0.05) is 6.07 Å². The third-order valence-corrected chi connectivity index (χ3v) is 5.10. The van der Waals surface area contributed by atoms with Crippen molar-refractivity contribution < 1.29 is 24.2 Å². The first-order chi connectivity index (χ1) is 13.1. The number of likely N-dealkylation sites (tertiary alicyclic amines) is 1. The fraction of sp³-hybridized carbons (Fsp3) is 0.550. The zero-order valence-corrected chi connectivity index (χ0v) is 16.5. The highest BCUT2D eigenvalue weighted by atomic mass is 16.6. The minimum absolute atomic E-state index is 0.0981. The smallest absolute Gasteiger partial charge is 0.411 e.